The fourth-order valence-electron chi connectivity index (χ4n) is 1.26. The Morgan fingerprint density at radius 2 is 2.14 bits per heavy atom. The zero-order chi connectivity index (χ0) is 10.7. The van der Waals surface area contributed by atoms with Gasteiger partial charge in [-0.05, 0) is 12.5 Å². The van der Waals surface area contributed by atoms with Gasteiger partial charge in [0.2, 0.25) is 0 Å². The minimum Gasteiger partial charge on any atom is -0.481 e. The quantitative estimate of drug-likeness (QED) is 0.814. The summed E-state index contributed by atoms with van der Waals surface area (Å²) in [6, 6.07) is 4.31. The summed E-state index contributed by atoms with van der Waals surface area (Å²) in [5.41, 5.74) is 0.774. The van der Waals surface area contributed by atoms with Gasteiger partial charge in [-0.3, -0.25) is 4.79 Å². The highest BCUT2D eigenvalue weighted by molar-refractivity contribution is 5.70. The Morgan fingerprint density at radius 3 is 2.64 bits per heavy atom. The number of alkyl halides is 2. The van der Waals surface area contributed by atoms with E-state index >= 15 is 0 Å². The van der Waals surface area contributed by atoms with Crippen LogP contribution in [0.25, 0.3) is 0 Å². The standard InChI is InChI=1S/C10H10F2O2/c1-6-2-3-8(10(11)12)7(4-6)5-9(13)14/h2-4,10H,5H2,1H3,(H,13,14). The van der Waals surface area contributed by atoms with Gasteiger partial charge < -0.3 is 5.11 Å². The van der Waals surface area contributed by atoms with Crippen LogP contribution < -0.4 is 0 Å². The van der Waals surface area contributed by atoms with Crippen molar-refractivity contribution >= 4 is 5.97 Å². The van der Waals surface area contributed by atoms with Crippen LogP contribution in [0, 0.1) is 6.92 Å². The van der Waals surface area contributed by atoms with E-state index in [1.54, 1.807) is 13.0 Å². The van der Waals surface area contributed by atoms with E-state index in [0.29, 0.717) is 0 Å². The Labute approximate surface area is 80.2 Å². The zero-order valence-corrected chi connectivity index (χ0v) is 7.63. The van der Waals surface area contributed by atoms with E-state index in [1.807, 2.05) is 0 Å². The number of benzene rings is 1. The smallest absolute Gasteiger partial charge is 0.307 e. The van der Waals surface area contributed by atoms with E-state index in [9.17, 15) is 13.6 Å². The number of aryl methyl sites for hydroxylation is 1. The second kappa shape index (κ2) is 4.17. The number of carboxylic acids is 1. The van der Waals surface area contributed by atoms with Crippen LogP contribution in [0.15, 0.2) is 18.2 Å². The van der Waals surface area contributed by atoms with Crippen molar-refractivity contribution in [3.05, 3.63) is 34.9 Å². The van der Waals surface area contributed by atoms with Gasteiger partial charge in [-0.2, -0.15) is 0 Å². The molecule has 4 heteroatoms. The van der Waals surface area contributed by atoms with Gasteiger partial charge in [0, 0.05) is 5.56 Å². The molecule has 76 valence electrons. The van der Waals surface area contributed by atoms with Crippen LogP contribution in [-0.2, 0) is 11.2 Å². The first-order chi connectivity index (χ1) is 6.50. The molecular weight excluding hydrogens is 190 g/mol. The lowest BCUT2D eigenvalue weighted by molar-refractivity contribution is -0.136. The molecule has 1 aromatic rings. The van der Waals surface area contributed by atoms with Crippen LogP contribution in [0.2, 0.25) is 0 Å². The largest absolute Gasteiger partial charge is 0.481 e. The maximum Gasteiger partial charge on any atom is 0.307 e. The van der Waals surface area contributed by atoms with E-state index in [0.717, 1.165) is 5.56 Å². The molecule has 0 fully saturated rings. The molecule has 1 rings (SSSR count). The fourth-order valence-corrected chi connectivity index (χ4v) is 1.26. The van der Waals surface area contributed by atoms with E-state index in [-0.39, 0.29) is 17.5 Å². The number of carbonyl (C=O) groups is 1. The van der Waals surface area contributed by atoms with Crippen LogP contribution in [0.3, 0.4) is 0 Å². The molecule has 2 nitrogen and oxygen atoms in total. The summed E-state index contributed by atoms with van der Waals surface area (Å²) in [5.74, 6) is -1.10. The maximum absolute atomic E-state index is 12.4. The molecule has 0 spiro atoms. The molecule has 1 aromatic carbocycles. The summed E-state index contributed by atoms with van der Waals surface area (Å²) in [4.78, 5) is 10.4. The van der Waals surface area contributed by atoms with Crippen molar-refractivity contribution in [3.63, 3.8) is 0 Å². The molecule has 0 bridgehead atoms. The van der Waals surface area contributed by atoms with Gasteiger partial charge in [0.15, 0.2) is 0 Å². The monoisotopic (exact) mass is 200 g/mol. The Kier molecular flexibility index (Phi) is 3.17. The third-order valence-corrected chi connectivity index (χ3v) is 1.88. The molecule has 1 N–H and O–H groups in total. The van der Waals surface area contributed by atoms with Gasteiger partial charge in [0.25, 0.3) is 6.43 Å². The Balaban J connectivity index is 3.09. The van der Waals surface area contributed by atoms with Crippen LogP contribution in [-0.4, -0.2) is 11.1 Å². The van der Waals surface area contributed by atoms with Gasteiger partial charge in [-0.1, -0.05) is 23.8 Å². The molecule has 0 aliphatic rings. The third kappa shape index (κ3) is 2.52. The first kappa shape index (κ1) is 10.6. The van der Waals surface area contributed by atoms with Crippen LogP contribution in [0.4, 0.5) is 8.78 Å². The highest BCUT2D eigenvalue weighted by Crippen LogP contribution is 2.24. The van der Waals surface area contributed by atoms with Crippen molar-refractivity contribution in [1.82, 2.24) is 0 Å². The molecule has 0 saturated carbocycles. The molecule has 0 atom stereocenters. The Morgan fingerprint density at radius 1 is 1.50 bits per heavy atom. The maximum atomic E-state index is 12.4. The predicted molar refractivity (Wildman–Crippen MR) is 47.5 cm³/mol. The van der Waals surface area contributed by atoms with Gasteiger partial charge >= 0.3 is 5.97 Å². The van der Waals surface area contributed by atoms with Crippen molar-refractivity contribution < 1.29 is 18.7 Å². The molecule has 0 amide bonds. The van der Waals surface area contributed by atoms with Gasteiger partial charge in [0.1, 0.15) is 0 Å². The van der Waals surface area contributed by atoms with E-state index < -0.39 is 12.4 Å². The normalized spacial score (nSPS) is 10.6. The molecule has 14 heavy (non-hydrogen) atoms. The third-order valence-electron chi connectivity index (χ3n) is 1.88. The number of halogens is 2. The van der Waals surface area contributed by atoms with E-state index in [1.165, 1.54) is 12.1 Å². The lowest BCUT2D eigenvalue weighted by Crippen LogP contribution is -2.04. The first-order valence-corrected chi connectivity index (χ1v) is 4.10. The summed E-state index contributed by atoms with van der Waals surface area (Å²) < 4.78 is 24.8. The molecule has 0 heterocycles. The minimum absolute atomic E-state index is 0.188. The second-order valence-corrected chi connectivity index (χ2v) is 3.07. The molecule has 0 radical (unpaired) electrons. The number of carboxylic acid groups (broad SMARTS) is 1. The minimum atomic E-state index is -2.62. The SMILES string of the molecule is Cc1ccc(C(F)F)c(CC(=O)O)c1. The van der Waals surface area contributed by atoms with Crippen molar-refractivity contribution in [1.29, 1.82) is 0 Å². The first-order valence-electron chi connectivity index (χ1n) is 4.10. The highest BCUT2D eigenvalue weighted by atomic mass is 19.3. The topological polar surface area (TPSA) is 37.3 Å². The predicted octanol–water partition coefficient (Wildman–Crippen LogP) is 2.56. The van der Waals surface area contributed by atoms with Crippen LogP contribution in [0.5, 0.6) is 0 Å². The number of hydrogen-bond donors (Lipinski definition) is 1. The fraction of sp³-hybridized carbons (Fsp3) is 0.300. The zero-order valence-electron chi connectivity index (χ0n) is 7.63. The van der Waals surface area contributed by atoms with Crippen LogP contribution >= 0.6 is 0 Å². The Bertz CT molecular complexity index is 348. The average Bonchev–Trinajstić information content (AvgIpc) is 2.01. The number of rotatable bonds is 3. The summed E-state index contributed by atoms with van der Waals surface area (Å²) >= 11 is 0. The molecule has 0 unspecified atom stereocenters. The number of aliphatic carboxylic acids is 1. The lowest BCUT2D eigenvalue weighted by atomic mass is 10.0. The lowest BCUT2D eigenvalue weighted by Gasteiger charge is -2.07. The molecular formula is C10H10F2O2. The average molecular weight is 200 g/mol. The summed E-state index contributed by atoms with van der Waals surface area (Å²) in [7, 11) is 0. The number of hydrogen-bond acceptors (Lipinski definition) is 1. The van der Waals surface area contributed by atoms with Gasteiger partial charge in [-0.25, -0.2) is 8.78 Å². The summed E-state index contributed by atoms with van der Waals surface area (Å²) in [6.45, 7) is 1.74. The summed E-state index contributed by atoms with van der Waals surface area (Å²) in [6.07, 6.45) is -2.98. The van der Waals surface area contributed by atoms with Gasteiger partial charge in [-0.15, -0.1) is 0 Å². The van der Waals surface area contributed by atoms with Crippen molar-refractivity contribution in [2.24, 2.45) is 0 Å². The summed E-state index contributed by atoms with van der Waals surface area (Å²) in [5, 5.41) is 8.52. The molecule has 0 aliphatic carbocycles. The van der Waals surface area contributed by atoms with Gasteiger partial charge in [0.05, 0.1) is 6.42 Å². The van der Waals surface area contributed by atoms with Crippen LogP contribution in [0.1, 0.15) is 23.1 Å². The molecule has 0 aromatic heterocycles. The second-order valence-electron chi connectivity index (χ2n) is 3.07. The Hall–Kier alpha value is -1.45. The van der Waals surface area contributed by atoms with Crippen molar-refractivity contribution in [3.8, 4) is 0 Å². The van der Waals surface area contributed by atoms with Crippen molar-refractivity contribution in [2.45, 2.75) is 19.8 Å². The van der Waals surface area contributed by atoms with E-state index in [2.05, 4.69) is 0 Å². The van der Waals surface area contributed by atoms with E-state index in [4.69, 9.17) is 5.11 Å². The van der Waals surface area contributed by atoms with Crippen molar-refractivity contribution in [2.75, 3.05) is 0 Å². The molecule has 0 aliphatic heterocycles. The highest BCUT2D eigenvalue weighted by Gasteiger charge is 2.14. The molecule has 0 saturated heterocycles.